The third-order valence-electron chi connectivity index (χ3n) is 9.75. The van der Waals surface area contributed by atoms with Gasteiger partial charge in [-0.15, -0.1) is 0 Å². The summed E-state index contributed by atoms with van der Waals surface area (Å²) in [6, 6.07) is 1.71. The van der Waals surface area contributed by atoms with Crippen molar-refractivity contribution in [3.63, 3.8) is 0 Å². The maximum Gasteiger partial charge on any atom is 0.408 e. The van der Waals surface area contributed by atoms with Gasteiger partial charge in [0.25, 0.3) is 0 Å². The minimum atomic E-state index is -1.42. The van der Waals surface area contributed by atoms with E-state index in [4.69, 9.17) is 14.9 Å². The van der Waals surface area contributed by atoms with E-state index in [1.54, 1.807) is 36.9 Å². The van der Waals surface area contributed by atoms with Crippen molar-refractivity contribution in [1.29, 1.82) is 0 Å². The third kappa shape index (κ3) is 6.69. The highest BCUT2D eigenvalue weighted by atomic mass is 32.1. The number of nitrogens with one attached hydrogen (secondary N) is 2. The average molecular weight is 677 g/mol. The van der Waals surface area contributed by atoms with E-state index in [1.165, 1.54) is 4.90 Å². The second-order valence-corrected chi connectivity index (χ2v) is 15.1. The summed E-state index contributed by atoms with van der Waals surface area (Å²) in [5.41, 5.74) is 3.55. The Morgan fingerprint density at radius 1 is 1.15 bits per heavy atom. The Balaban J connectivity index is 1.34. The smallest absolute Gasteiger partial charge is 0.408 e. The van der Waals surface area contributed by atoms with Crippen LogP contribution in [0.4, 0.5) is 4.79 Å². The van der Waals surface area contributed by atoms with E-state index in [9.17, 15) is 24.3 Å². The van der Waals surface area contributed by atoms with E-state index in [1.807, 2.05) is 30.5 Å². The van der Waals surface area contributed by atoms with Gasteiger partial charge in [0.1, 0.15) is 34.3 Å². The van der Waals surface area contributed by atoms with Gasteiger partial charge in [-0.1, -0.05) is 25.0 Å². The highest BCUT2D eigenvalue weighted by Crippen LogP contribution is 2.45. The van der Waals surface area contributed by atoms with Crippen molar-refractivity contribution in [3.05, 3.63) is 46.2 Å². The number of carbonyl (C=O) groups is 4. The van der Waals surface area contributed by atoms with Crippen LogP contribution in [0.15, 0.2) is 35.0 Å². The predicted molar refractivity (Wildman–Crippen MR) is 181 cm³/mol. The minimum absolute atomic E-state index is 0.114. The monoisotopic (exact) mass is 676 g/mol. The average Bonchev–Trinajstić information content (AvgIpc) is 3.47. The second kappa shape index (κ2) is 13.0. The number of ether oxygens (including phenoxy) is 1. The summed E-state index contributed by atoms with van der Waals surface area (Å²) in [4.78, 5) is 56.7. The molecule has 3 amide bonds. The molecule has 256 valence electrons. The van der Waals surface area contributed by atoms with Gasteiger partial charge < -0.3 is 25.4 Å². The zero-order valence-corrected chi connectivity index (χ0v) is 28.9. The lowest BCUT2D eigenvalue weighted by Crippen LogP contribution is -2.56. The number of rotatable bonds is 4. The van der Waals surface area contributed by atoms with Crippen molar-refractivity contribution >= 4 is 46.2 Å². The number of thiophene rings is 1. The molecule has 2 aliphatic heterocycles. The van der Waals surface area contributed by atoms with Gasteiger partial charge in [0.05, 0.1) is 6.04 Å². The molecule has 1 aromatic carbocycles. The van der Waals surface area contributed by atoms with Crippen LogP contribution in [0.3, 0.4) is 0 Å². The molecule has 48 heavy (non-hydrogen) atoms. The number of aliphatic carboxylic acids is 1. The van der Waals surface area contributed by atoms with E-state index >= 15 is 0 Å². The van der Waals surface area contributed by atoms with Crippen LogP contribution in [0, 0.1) is 19.8 Å². The molecule has 1 saturated carbocycles. The van der Waals surface area contributed by atoms with Gasteiger partial charge in [0.15, 0.2) is 0 Å². The number of carboxylic acid groups (broad SMARTS) is 1. The lowest BCUT2D eigenvalue weighted by Gasteiger charge is -2.30. The van der Waals surface area contributed by atoms with Crippen molar-refractivity contribution < 1.29 is 29.0 Å². The fourth-order valence-electron chi connectivity index (χ4n) is 6.90. The summed E-state index contributed by atoms with van der Waals surface area (Å²) in [7, 11) is 0. The lowest BCUT2D eigenvalue weighted by atomic mass is 9.98. The molecule has 0 radical (unpaired) electrons. The molecule has 0 unspecified atom stereocenters. The molecule has 1 aliphatic carbocycles. The number of carboxylic acids is 1. The normalized spacial score (nSPS) is 27.3. The fraction of sp³-hybridized carbons (Fsp3) is 0.543. The third-order valence-corrected chi connectivity index (χ3v) is 10.4. The largest absolute Gasteiger partial charge is 0.479 e. The van der Waals surface area contributed by atoms with Crippen LogP contribution in [0.25, 0.3) is 22.2 Å². The maximum atomic E-state index is 14.3. The van der Waals surface area contributed by atoms with Gasteiger partial charge in [0, 0.05) is 18.9 Å². The molecule has 5 atom stereocenters. The minimum Gasteiger partial charge on any atom is -0.479 e. The number of fused-ring (bicyclic) bond motifs is 3. The van der Waals surface area contributed by atoms with Gasteiger partial charge in [-0.3, -0.25) is 9.59 Å². The molecule has 0 spiro atoms. The number of alkyl carbamates (subject to hydrolysis) is 1. The Morgan fingerprint density at radius 3 is 2.65 bits per heavy atom. The highest BCUT2D eigenvalue weighted by molar-refractivity contribution is 7.08. The first-order chi connectivity index (χ1) is 22.8. The number of hydrogen-bond acceptors (Lipinski definition) is 8. The Hall–Kier alpha value is -4.26. The molecule has 13 heteroatoms. The van der Waals surface area contributed by atoms with Crippen LogP contribution in [0.1, 0.15) is 82.9 Å². The summed E-state index contributed by atoms with van der Waals surface area (Å²) in [5.74, 6) is -2.39. The summed E-state index contributed by atoms with van der Waals surface area (Å²) in [5, 5.41) is 29.6. The summed E-state index contributed by atoms with van der Waals surface area (Å²) in [6.07, 6.45) is 7.08. The van der Waals surface area contributed by atoms with Crippen LogP contribution in [0.2, 0.25) is 0 Å². The van der Waals surface area contributed by atoms with Gasteiger partial charge in [-0.25, -0.2) is 9.59 Å². The summed E-state index contributed by atoms with van der Waals surface area (Å²) >= 11 is 1.62. The SMILES string of the molecule is Cc1c(-c2ccsc2)cc2nn([C@H]3C[C@H]4C(=O)N[C@@]5(C(=O)O)C[C@@H]5/C=C\CCCCC[C@@H](NC(=O)OC(C)(C)C)C(=O)N4C3)nc2c1C. The van der Waals surface area contributed by atoms with E-state index in [2.05, 4.69) is 29.0 Å². The molecule has 3 aliphatic rings. The van der Waals surface area contributed by atoms with Crippen LogP contribution in [-0.4, -0.2) is 78.6 Å². The number of nitrogens with zero attached hydrogens (tertiary/aromatic N) is 4. The first-order valence-corrected chi connectivity index (χ1v) is 17.6. The van der Waals surface area contributed by atoms with Gasteiger partial charge in [0.2, 0.25) is 11.8 Å². The molecule has 1 saturated heterocycles. The Bertz CT molecular complexity index is 1760. The molecule has 0 bridgehead atoms. The molecular weight excluding hydrogens is 632 g/mol. The highest BCUT2D eigenvalue weighted by Gasteiger charge is 2.61. The van der Waals surface area contributed by atoms with E-state index in [0.29, 0.717) is 18.4 Å². The first-order valence-electron chi connectivity index (χ1n) is 16.7. The molecule has 2 aromatic heterocycles. The van der Waals surface area contributed by atoms with Crippen molar-refractivity contribution in [2.45, 2.75) is 109 Å². The van der Waals surface area contributed by atoms with Gasteiger partial charge >= 0.3 is 12.1 Å². The zero-order valence-electron chi connectivity index (χ0n) is 28.1. The van der Waals surface area contributed by atoms with E-state index in [0.717, 1.165) is 47.0 Å². The van der Waals surface area contributed by atoms with E-state index in [-0.39, 0.29) is 25.3 Å². The number of hydrogen-bond donors (Lipinski definition) is 3. The molecule has 3 N–H and O–H groups in total. The number of aromatic nitrogens is 3. The van der Waals surface area contributed by atoms with Crippen LogP contribution in [0.5, 0.6) is 0 Å². The van der Waals surface area contributed by atoms with Crippen LogP contribution >= 0.6 is 11.3 Å². The fourth-order valence-corrected chi connectivity index (χ4v) is 7.55. The molecule has 12 nitrogen and oxygen atoms in total. The molecule has 6 rings (SSSR count). The zero-order chi connectivity index (χ0) is 34.4. The summed E-state index contributed by atoms with van der Waals surface area (Å²) < 4.78 is 5.49. The van der Waals surface area contributed by atoms with E-state index < -0.39 is 53.1 Å². The quantitative estimate of drug-likeness (QED) is 0.315. The molecular formula is C35H44N6O6S. The van der Waals surface area contributed by atoms with Gasteiger partial charge in [-0.2, -0.15) is 26.3 Å². The lowest BCUT2D eigenvalue weighted by molar-refractivity contribution is -0.145. The number of carbonyl (C=O) groups excluding carboxylic acids is 3. The number of amides is 3. The predicted octanol–water partition coefficient (Wildman–Crippen LogP) is 5.29. The number of aryl methyl sites for hydroxylation is 1. The molecule has 2 fully saturated rings. The molecule has 3 aromatic rings. The standard InChI is InChI=1S/C35H44N6O6S/c1-20-21(2)29-27(16-25(20)22-13-14-48-19-22)38-41(39-29)24-15-28-30(42)37-35(32(44)45)17-23(35)11-9-7-6-8-10-12-26(31(43)40(28)18-24)36-33(46)47-34(3,4)5/h9,11,13-14,16,19,23-24,26,28H,6-8,10,12,15,17-18H2,1-5H3,(H,36,46)(H,37,42)(H,44,45)/b11-9-/t23-,24-,26+,28-,35-/m0/s1. The Kier molecular flexibility index (Phi) is 9.10. The number of benzene rings is 1. The van der Waals surface area contributed by atoms with Crippen molar-refractivity contribution in [2.75, 3.05) is 6.54 Å². The molecule has 4 heterocycles. The van der Waals surface area contributed by atoms with Crippen molar-refractivity contribution in [2.24, 2.45) is 5.92 Å². The Morgan fingerprint density at radius 2 is 1.94 bits per heavy atom. The van der Waals surface area contributed by atoms with Crippen molar-refractivity contribution in [3.8, 4) is 11.1 Å². The summed E-state index contributed by atoms with van der Waals surface area (Å²) in [6.45, 7) is 9.44. The maximum absolute atomic E-state index is 14.3. The first kappa shape index (κ1) is 33.6. The Labute approximate surface area is 283 Å². The van der Waals surface area contributed by atoms with Crippen LogP contribution in [-0.2, 0) is 19.1 Å². The number of allylic oxidation sites excluding steroid dienone is 1. The van der Waals surface area contributed by atoms with Gasteiger partial charge in [-0.05, 0) is 105 Å². The second-order valence-electron chi connectivity index (χ2n) is 14.3. The van der Waals surface area contributed by atoms with Crippen LogP contribution < -0.4 is 10.6 Å². The topological polar surface area (TPSA) is 156 Å². The van der Waals surface area contributed by atoms with Crippen molar-refractivity contribution in [1.82, 2.24) is 30.5 Å².